The molecule has 1 atom stereocenters. The van der Waals surface area contributed by atoms with Gasteiger partial charge in [0.05, 0.1) is 11.7 Å². The van der Waals surface area contributed by atoms with Gasteiger partial charge in [0.15, 0.2) is 0 Å². The van der Waals surface area contributed by atoms with Gasteiger partial charge in [-0.05, 0) is 49.4 Å². The van der Waals surface area contributed by atoms with Crippen LogP contribution in [0, 0.1) is 12.7 Å². The number of rotatable bonds is 4. The number of nitrogens with zero attached hydrogens (tertiary/aromatic N) is 1. The summed E-state index contributed by atoms with van der Waals surface area (Å²) in [5, 5.41) is 4.67. The molecular weight excluding hydrogens is 313 g/mol. The molecule has 0 fully saturated rings. The van der Waals surface area contributed by atoms with Crippen LogP contribution >= 0.6 is 0 Å². The van der Waals surface area contributed by atoms with Crippen LogP contribution in [0.4, 0.5) is 10.1 Å². The highest BCUT2D eigenvalue weighted by molar-refractivity contribution is 5.86. The van der Waals surface area contributed by atoms with Crippen molar-refractivity contribution < 1.29 is 4.39 Å². The topological polar surface area (TPSA) is 40.7 Å². The van der Waals surface area contributed by atoms with Crippen LogP contribution in [0.3, 0.4) is 0 Å². The Morgan fingerprint density at radius 3 is 2.48 bits per heavy atom. The van der Waals surface area contributed by atoms with Crippen LogP contribution in [0.5, 0.6) is 0 Å². The Hall–Kier alpha value is -3.14. The smallest absolute Gasteiger partial charge is 0.123 e. The van der Waals surface area contributed by atoms with Crippen LogP contribution in [0.2, 0.25) is 0 Å². The number of halogens is 1. The molecule has 0 spiro atoms. The number of nitrogens with one attached hydrogen (secondary N) is 2. The van der Waals surface area contributed by atoms with Gasteiger partial charge >= 0.3 is 0 Å². The van der Waals surface area contributed by atoms with E-state index in [2.05, 4.69) is 34.3 Å². The van der Waals surface area contributed by atoms with Gasteiger partial charge in [-0.25, -0.2) is 4.39 Å². The van der Waals surface area contributed by atoms with E-state index < -0.39 is 0 Å². The second-order valence-electron chi connectivity index (χ2n) is 6.05. The number of aryl methyl sites for hydroxylation is 1. The first kappa shape index (κ1) is 15.4. The quantitative estimate of drug-likeness (QED) is 0.539. The zero-order chi connectivity index (χ0) is 17.2. The van der Waals surface area contributed by atoms with Gasteiger partial charge < -0.3 is 10.3 Å². The molecule has 0 saturated heterocycles. The van der Waals surface area contributed by atoms with Gasteiger partial charge in [0.2, 0.25) is 0 Å². The van der Waals surface area contributed by atoms with Crippen LogP contribution in [-0.2, 0) is 0 Å². The van der Waals surface area contributed by atoms with Crippen molar-refractivity contribution in [1.29, 1.82) is 0 Å². The summed E-state index contributed by atoms with van der Waals surface area (Å²) in [6, 6.07) is 20.4. The molecule has 2 aromatic carbocycles. The minimum absolute atomic E-state index is 0.136. The van der Waals surface area contributed by atoms with E-state index in [9.17, 15) is 4.39 Å². The number of benzene rings is 2. The van der Waals surface area contributed by atoms with E-state index in [0.717, 1.165) is 33.5 Å². The summed E-state index contributed by atoms with van der Waals surface area (Å²) < 4.78 is 13.2. The number of fused-ring (bicyclic) bond motifs is 1. The second kappa shape index (κ2) is 6.40. The number of H-pyrrole nitrogens is 1. The van der Waals surface area contributed by atoms with Crippen molar-refractivity contribution in [3.63, 3.8) is 0 Å². The summed E-state index contributed by atoms with van der Waals surface area (Å²) in [5.41, 5.74) is 5.10. The average molecular weight is 331 g/mol. The summed E-state index contributed by atoms with van der Waals surface area (Å²) in [5.74, 6) is -0.247. The van der Waals surface area contributed by atoms with Crippen LogP contribution in [-0.4, -0.2) is 9.97 Å². The summed E-state index contributed by atoms with van der Waals surface area (Å²) >= 11 is 0. The third kappa shape index (κ3) is 2.98. The van der Waals surface area contributed by atoms with E-state index in [0.29, 0.717) is 0 Å². The lowest BCUT2D eigenvalue weighted by Gasteiger charge is -2.20. The van der Waals surface area contributed by atoms with Crippen molar-refractivity contribution in [2.24, 2.45) is 0 Å². The number of pyridine rings is 1. The number of hydrogen-bond acceptors (Lipinski definition) is 2. The van der Waals surface area contributed by atoms with E-state index in [1.807, 2.05) is 30.3 Å². The van der Waals surface area contributed by atoms with E-state index in [1.54, 1.807) is 18.3 Å². The highest BCUT2D eigenvalue weighted by atomic mass is 19.1. The Kier molecular flexibility index (Phi) is 3.94. The molecule has 2 heterocycles. The van der Waals surface area contributed by atoms with Crippen LogP contribution in [0.25, 0.3) is 10.9 Å². The maximum atomic E-state index is 13.2. The Balaban J connectivity index is 1.85. The van der Waals surface area contributed by atoms with Gasteiger partial charge in [-0.1, -0.05) is 24.3 Å². The second-order valence-corrected chi connectivity index (χ2v) is 6.05. The lowest BCUT2D eigenvalue weighted by atomic mass is 9.99. The summed E-state index contributed by atoms with van der Waals surface area (Å²) in [6.45, 7) is 2.07. The molecule has 0 amide bonds. The SMILES string of the molecule is Cc1[nH]c2ccccc2c1C(Nc1ccc(F)cc1)c1ccccn1. The predicted molar refractivity (Wildman–Crippen MR) is 99.1 cm³/mol. The molecule has 2 aromatic heterocycles. The van der Waals surface area contributed by atoms with Crippen molar-refractivity contribution >= 4 is 16.6 Å². The van der Waals surface area contributed by atoms with Crippen LogP contribution < -0.4 is 5.32 Å². The molecule has 3 nitrogen and oxygen atoms in total. The summed E-state index contributed by atoms with van der Waals surface area (Å²) in [7, 11) is 0. The van der Waals surface area contributed by atoms with Gasteiger partial charge in [0.1, 0.15) is 5.82 Å². The van der Waals surface area contributed by atoms with Crippen molar-refractivity contribution in [3.8, 4) is 0 Å². The summed E-state index contributed by atoms with van der Waals surface area (Å²) in [4.78, 5) is 7.99. The first-order valence-corrected chi connectivity index (χ1v) is 8.22. The van der Waals surface area contributed by atoms with Crippen LogP contribution in [0.1, 0.15) is 23.0 Å². The predicted octanol–water partition coefficient (Wildman–Crippen LogP) is 5.21. The number of anilines is 1. The molecule has 4 heteroatoms. The van der Waals surface area contributed by atoms with Gasteiger partial charge in [0.25, 0.3) is 0 Å². The lowest BCUT2D eigenvalue weighted by molar-refractivity contribution is 0.628. The average Bonchev–Trinajstić information content (AvgIpc) is 2.98. The third-order valence-electron chi connectivity index (χ3n) is 4.37. The minimum atomic E-state index is -0.247. The molecule has 0 radical (unpaired) electrons. The molecule has 2 N–H and O–H groups in total. The fraction of sp³-hybridized carbons (Fsp3) is 0.0952. The molecular formula is C21H18FN3. The number of aromatic nitrogens is 2. The van der Waals surface area contributed by atoms with Crippen molar-refractivity contribution in [2.45, 2.75) is 13.0 Å². The van der Waals surface area contributed by atoms with Crippen molar-refractivity contribution in [2.75, 3.05) is 5.32 Å². The first-order chi connectivity index (χ1) is 12.2. The van der Waals surface area contributed by atoms with Gasteiger partial charge in [-0.3, -0.25) is 4.98 Å². The normalized spacial score (nSPS) is 12.2. The van der Waals surface area contributed by atoms with Gasteiger partial charge in [0, 0.05) is 34.0 Å². The maximum Gasteiger partial charge on any atom is 0.123 e. The van der Waals surface area contributed by atoms with Crippen molar-refractivity contribution in [1.82, 2.24) is 9.97 Å². The molecule has 0 bridgehead atoms. The van der Waals surface area contributed by atoms with Gasteiger partial charge in [-0.2, -0.15) is 0 Å². The molecule has 25 heavy (non-hydrogen) atoms. The Morgan fingerprint density at radius 1 is 0.960 bits per heavy atom. The minimum Gasteiger partial charge on any atom is -0.373 e. The molecule has 1 unspecified atom stereocenters. The fourth-order valence-corrected chi connectivity index (χ4v) is 3.22. The molecule has 0 saturated carbocycles. The number of hydrogen-bond donors (Lipinski definition) is 2. The largest absolute Gasteiger partial charge is 0.373 e. The standard InChI is InChI=1S/C21H18FN3/c1-14-20(17-6-2-3-7-18(17)24-14)21(19-8-4-5-13-23-19)25-16-11-9-15(22)10-12-16/h2-13,21,24-25H,1H3. The van der Waals surface area contributed by atoms with E-state index >= 15 is 0 Å². The highest BCUT2D eigenvalue weighted by Crippen LogP contribution is 2.33. The van der Waals surface area contributed by atoms with Crippen LogP contribution in [0.15, 0.2) is 72.9 Å². The Labute approximate surface area is 145 Å². The van der Waals surface area contributed by atoms with E-state index in [4.69, 9.17) is 0 Å². The maximum absolute atomic E-state index is 13.2. The molecule has 4 rings (SSSR count). The molecule has 0 aliphatic rings. The lowest BCUT2D eigenvalue weighted by Crippen LogP contribution is -2.14. The molecule has 4 aromatic rings. The summed E-state index contributed by atoms with van der Waals surface area (Å²) in [6.07, 6.45) is 1.79. The van der Waals surface area contributed by atoms with E-state index in [1.165, 1.54) is 12.1 Å². The first-order valence-electron chi connectivity index (χ1n) is 8.22. The molecule has 0 aliphatic heterocycles. The van der Waals surface area contributed by atoms with Gasteiger partial charge in [-0.15, -0.1) is 0 Å². The Morgan fingerprint density at radius 2 is 1.72 bits per heavy atom. The number of aromatic amines is 1. The zero-order valence-electron chi connectivity index (χ0n) is 13.8. The monoisotopic (exact) mass is 331 g/mol. The molecule has 124 valence electrons. The molecule has 0 aliphatic carbocycles. The fourth-order valence-electron chi connectivity index (χ4n) is 3.22. The van der Waals surface area contributed by atoms with E-state index in [-0.39, 0.29) is 11.9 Å². The highest BCUT2D eigenvalue weighted by Gasteiger charge is 2.21. The number of para-hydroxylation sites is 1. The Bertz CT molecular complexity index is 991. The third-order valence-corrected chi connectivity index (χ3v) is 4.37. The van der Waals surface area contributed by atoms with Crippen molar-refractivity contribution in [3.05, 3.63) is 95.7 Å². The zero-order valence-corrected chi connectivity index (χ0v) is 13.8.